The fourth-order valence-corrected chi connectivity index (χ4v) is 4.01. The molecule has 1 saturated heterocycles. The van der Waals surface area contributed by atoms with Crippen molar-refractivity contribution in [2.45, 2.75) is 20.3 Å². The summed E-state index contributed by atoms with van der Waals surface area (Å²) in [5.41, 5.74) is 1.14. The fourth-order valence-electron chi connectivity index (χ4n) is 2.88. The predicted octanol–water partition coefficient (Wildman–Crippen LogP) is 0.983. The highest BCUT2D eigenvalue weighted by molar-refractivity contribution is 9.10. The van der Waals surface area contributed by atoms with Crippen molar-refractivity contribution < 1.29 is 14.5 Å². The zero-order valence-electron chi connectivity index (χ0n) is 13.0. The van der Waals surface area contributed by atoms with Crippen molar-refractivity contribution in [3.8, 4) is 5.75 Å². The van der Waals surface area contributed by atoms with Crippen LogP contribution in [0, 0.1) is 6.92 Å². The summed E-state index contributed by atoms with van der Waals surface area (Å²) in [6.07, 6.45) is 1.08. The molecule has 118 valence electrons. The number of likely N-dealkylation sites (N-methyl/N-ethyl adjacent to an activating group) is 1. The van der Waals surface area contributed by atoms with E-state index in [1.807, 2.05) is 19.1 Å². The Morgan fingerprint density at radius 3 is 2.48 bits per heavy atom. The van der Waals surface area contributed by atoms with Crippen molar-refractivity contribution in [1.29, 1.82) is 0 Å². The number of nitrogens with one attached hydrogen (secondary N) is 2. The number of piperazine rings is 1. The topological polar surface area (TPSA) is 18.1 Å². The minimum absolute atomic E-state index is 0.689. The van der Waals surface area contributed by atoms with E-state index in [2.05, 4.69) is 22.9 Å². The Balaban J connectivity index is 1.71. The standard InChI is InChI=1S/C16H24BrClN2O/c1-3-19-6-8-20(9-7-19)5-4-10-21-16-14(17)11-13(2)12-15(16)18/h11-12H,3-10H2,1-2H3/p+2. The molecule has 1 aromatic carbocycles. The van der Waals surface area contributed by atoms with Gasteiger partial charge in [0.05, 0.1) is 29.2 Å². The second-order valence-corrected chi connectivity index (χ2v) is 7.12. The van der Waals surface area contributed by atoms with Gasteiger partial charge in [-0.15, -0.1) is 0 Å². The smallest absolute Gasteiger partial charge is 0.152 e. The first-order chi connectivity index (χ1) is 10.1. The summed E-state index contributed by atoms with van der Waals surface area (Å²) in [5, 5.41) is 0.689. The maximum Gasteiger partial charge on any atom is 0.152 e. The van der Waals surface area contributed by atoms with Crippen LogP contribution in [0.3, 0.4) is 0 Å². The van der Waals surface area contributed by atoms with Crippen molar-refractivity contribution in [3.63, 3.8) is 0 Å². The van der Waals surface area contributed by atoms with Gasteiger partial charge in [0.25, 0.3) is 0 Å². The summed E-state index contributed by atoms with van der Waals surface area (Å²) >= 11 is 9.76. The maximum absolute atomic E-state index is 6.23. The summed E-state index contributed by atoms with van der Waals surface area (Å²) in [7, 11) is 0. The zero-order valence-corrected chi connectivity index (χ0v) is 15.3. The maximum atomic E-state index is 6.23. The van der Waals surface area contributed by atoms with Crippen LogP contribution in [0.4, 0.5) is 0 Å². The monoisotopic (exact) mass is 376 g/mol. The molecule has 0 radical (unpaired) electrons. The largest absolute Gasteiger partial charge is 0.491 e. The zero-order chi connectivity index (χ0) is 15.2. The third-order valence-corrected chi connectivity index (χ3v) is 5.10. The lowest BCUT2D eigenvalue weighted by Crippen LogP contribution is -3.28. The normalized spacial score (nSPS) is 22.3. The first-order valence-corrected chi connectivity index (χ1v) is 9.02. The summed E-state index contributed by atoms with van der Waals surface area (Å²) in [5.74, 6) is 0.775. The molecule has 21 heavy (non-hydrogen) atoms. The summed E-state index contributed by atoms with van der Waals surface area (Å²) < 4.78 is 6.80. The summed E-state index contributed by atoms with van der Waals surface area (Å²) in [6, 6.07) is 3.98. The van der Waals surface area contributed by atoms with Crippen LogP contribution in [-0.2, 0) is 0 Å². The molecule has 1 aromatic rings. The Labute approximate surface area is 141 Å². The van der Waals surface area contributed by atoms with Gasteiger partial charge in [-0.05, 0) is 47.5 Å². The first-order valence-electron chi connectivity index (χ1n) is 7.85. The quantitative estimate of drug-likeness (QED) is 0.707. The molecule has 1 heterocycles. The molecule has 2 N–H and O–H groups in total. The molecule has 0 aliphatic carbocycles. The number of benzene rings is 1. The van der Waals surface area contributed by atoms with Crippen molar-refractivity contribution in [3.05, 3.63) is 27.2 Å². The van der Waals surface area contributed by atoms with E-state index in [0.717, 1.165) is 28.8 Å². The molecule has 1 aliphatic heterocycles. The van der Waals surface area contributed by atoms with Gasteiger partial charge in [0.2, 0.25) is 0 Å². The minimum Gasteiger partial charge on any atom is -0.491 e. The van der Waals surface area contributed by atoms with Crippen molar-refractivity contribution in [2.24, 2.45) is 0 Å². The molecule has 3 nitrogen and oxygen atoms in total. The van der Waals surface area contributed by atoms with Gasteiger partial charge in [-0.3, -0.25) is 0 Å². The molecule has 0 atom stereocenters. The Hall–Kier alpha value is -0.290. The van der Waals surface area contributed by atoms with E-state index in [-0.39, 0.29) is 0 Å². The van der Waals surface area contributed by atoms with Gasteiger partial charge < -0.3 is 14.5 Å². The lowest BCUT2D eigenvalue weighted by molar-refractivity contribution is -1.01. The summed E-state index contributed by atoms with van der Waals surface area (Å²) in [6.45, 7) is 12.7. The second kappa shape index (κ2) is 8.37. The number of quaternary nitrogens is 2. The SMILES string of the molecule is CC[NH+]1CC[NH+](CCCOc2c(Cl)cc(C)cc2Br)CC1. The molecule has 1 fully saturated rings. The van der Waals surface area contributed by atoms with E-state index in [1.165, 1.54) is 39.3 Å². The van der Waals surface area contributed by atoms with Gasteiger partial charge in [-0.2, -0.15) is 0 Å². The lowest BCUT2D eigenvalue weighted by Gasteiger charge is -2.28. The van der Waals surface area contributed by atoms with E-state index in [1.54, 1.807) is 9.80 Å². The Morgan fingerprint density at radius 2 is 1.86 bits per heavy atom. The molecule has 0 aromatic heterocycles. The summed E-state index contributed by atoms with van der Waals surface area (Å²) in [4.78, 5) is 3.45. The van der Waals surface area contributed by atoms with Gasteiger partial charge in [0.15, 0.2) is 5.75 Å². The molecule has 0 bridgehead atoms. The number of ether oxygens (including phenoxy) is 1. The minimum atomic E-state index is 0.689. The van der Waals surface area contributed by atoms with E-state index >= 15 is 0 Å². The van der Waals surface area contributed by atoms with E-state index in [9.17, 15) is 0 Å². The average Bonchev–Trinajstić information content (AvgIpc) is 2.46. The molecule has 2 rings (SSSR count). The van der Waals surface area contributed by atoms with Crippen LogP contribution in [0.25, 0.3) is 0 Å². The molecular weight excluding hydrogens is 352 g/mol. The van der Waals surface area contributed by atoms with Gasteiger partial charge in [-0.1, -0.05) is 11.6 Å². The molecular formula is C16H26BrClN2O+2. The first kappa shape index (κ1) is 17.1. The molecule has 0 unspecified atom stereocenters. The average molecular weight is 378 g/mol. The Morgan fingerprint density at radius 1 is 1.19 bits per heavy atom. The number of hydrogen-bond acceptors (Lipinski definition) is 1. The van der Waals surface area contributed by atoms with Crippen LogP contribution in [0.2, 0.25) is 5.02 Å². The third kappa shape index (κ3) is 5.13. The van der Waals surface area contributed by atoms with E-state index in [4.69, 9.17) is 16.3 Å². The Bertz CT molecular complexity index is 439. The number of rotatable bonds is 6. The number of aryl methyl sites for hydroxylation is 1. The van der Waals surface area contributed by atoms with Crippen LogP contribution < -0.4 is 14.5 Å². The van der Waals surface area contributed by atoms with Crippen LogP contribution in [0.15, 0.2) is 16.6 Å². The lowest BCUT2D eigenvalue weighted by atomic mass is 10.2. The van der Waals surface area contributed by atoms with Crippen molar-refractivity contribution in [2.75, 3.05) is 45.9 Å². The third-order valence-electron chi connectivity index (χ3n) is 4.23. The van der Waals surface area contributed by atoms with Crippen LogP contribution in [-0.4, -0.2) is 45.9 Å². The van der Waals surface area contributed by atoms with Crippen LogP contribution in [0.1, 0.15) is 18.9 Å². The van der Waals surface area contributed by atoms with Crippen LogP contribution in [0.5, 0.6) is 5.75 Å². The van der Waals surface area contributed by atoms with Gasteiger partial charge in [0.1, 0.15) is 26.2 Å². The van der Waals surface area contributed by atoms with Crippen molar-refractivity contribution in [1.82, 2.24) is 0 Å². The second-order valence-electron chi connectivity index (χ2n) is 5.86. The highest BCUT2D eigenvalue weighted by Crippen LogP contribution is 2.34. The fraction of sp³-hybridized carbons (Fsp3) is 0.625. The number of hydrogen-bond donors (Lipinski definition) is 2. The molecule has 0 amide bonds. The molecule has 1 aliphatic rings. The van der Waals surface area contributed by atoms with Gasteiger partial charge in [0, 0.05) is 6.42 Å². The molecule has 5 heteroatoms. The van der Waals surface area contributed by atoms with Crippen molar-refractivity contribution >= 4 is 27.5 Å². The Kier molecular flexibility index (Phi) is 6.80. The highest BCUT2D eigenvalue weighted by Gasteiger charge is 2.20. The molecule has 0 saturated carbocycles. The highest BCUT2D eigenvalue weighted by atomic mass is 79.9. The van der Waals surface area contributed by atoms with E-state index in [0.29, 0.717) is 5.02 Å². The number of halogens is 2. The van der Waals surface area contributed by atoms with Gasteiger partial charge >= 0.3 is 0 Å². The van der Waals surface area contributed by atoms with Crippen LogP contribution >= 0.6 is 27.5 Å². The van der Waals surface area contributed by atoms with Gasteiger partial charge in [-0.25, -0.2) is 0 Å². The van der Waals surface area contributed by atoms with E-state index < -0.39 is 0 Å². The predicted molar refractivity (Wildman–Crippen MR) is 90.8 cm³/mol. The molecule has 0 spiro atoms.